The van der Waals surface area contributed by atoms with Crippen LogP contribution in [-0.4, -0.2) is 28.1 Å². The van der Waals surface area contributed by atoms with E-state index in [1.54, 1.807) is 6.20 Å². The predicted molar refractivity (Wildman–Crippen MR) is 104 cm³/mol. The average molecular weight is 361 g/mol. The first-order valence-corrected chi connectivity index (χ1v) is 9.21. The summed E-state index contributed by atoms with van der Waals surface area (Å²) in [5.41, 5.74) is 4.88. The van der Waals surface area contributed by atoms with E-state index in [1.165, 1.54) is 5.56 Å². The third-order valence-electron chi connectivity index (χ3n) is 5.07. The van der Waals surface area contributed by atoms with Crippen molar-refractivity contribution in [3.05, 3.63) is 82.9 Å². The largest absolute Gasteiger partial charge is 0.488 e. The standard InChI is InChI=1S/C22H23N3O2/c1-15-11-20(16(2)25(15)14-18-8-5-6-10-23-18)22(26)24-13-19-12-17-7-3-4-9-21(17)27-19/h3-11,19H,12-14H2,1-2H3,(H,24,26). The fourth-order valence-corrected chi connectivity index (χ4v) is 3.60. The summed E-state index contributed by atoms with van der Waals surface area (Å²) in [5, 5.41) is 3.03. The second-order valence-corrected chi connectivity index (χ2v) is 6.95. The van der Waals surface area contributed by atoms with Crippen molar-refractivity contribution in [3.63, 3.8) is 0 Å². The number of para-hydroxylation sites is 1. The number of nitrogens with one attached hydrogen (secondary N) is 1. The molecule has 1 amide bonds. The van der Waals surface area contributed by atoms with Gasteiger partial charge in [0.1, 0.15) is 11.9 Å². The molecule has 1 aliphatic heterocycles. The zero-order chi connectivity index (χ0) is 18.8. The van der Waals surface area contributed by atoms with Gasteiger partial charge in [0.2, 0.25) is 0 Å². The maximum absolute atomic E-state index is 12.7. The van der Waals surface area contributed by atoms with E-state index >= 15 is 0 Å². The van der Waals surface area contributed by atoms with Gasteiger partial charge in [0, 0.05) is 24.0 Å². The van der Waals surface area contributed by atoms with Crippen LogP contribution in [0.2, 0.25) is 0 Å². The molecule has 2 aromatic heterocycles. The number of carbonyl (C=O) groups is 1. The highest BCUT2D eigenvalue weighted by Gasteiger charge is 2.23. The molecule has 1 N–H and O–H groups in total. The molecule has 5 nitrogen and oxygen atoms in total. The van der Waals surface area contributed by atoms with Crippen molar-refractivity contribution in [2.24, 2.45) is 0 Å². The van der Waals surface area contributed by atoms with Crippen molar-refractivity contribution in [3.8, 4) is 5.75 Å². The molecule has 0 radical (unpaired) electrons. The van der Waals surface area contributed by atoms with E-state index < -0.39 is 0 Å². The number of ether oxygens (including phenoxy) is 1. The first-order valence-electron chi connectivity index (χ1n) is 9.21. The minimum absolute atomic E-state index is 0.0108. The van der Waals surface area contributed by atoms with E-state index in [-0.39, 0.29) is 12.0 Å². The molecule has 0 saturated carbocycles. The van der Waals surface area contributed by atoms with Crippen LogP contribution in [0, 0.1) is 13.8 Å². The normalized spacial score (nSPS) is 15.3. The molecule has 1 unspecified atom stereocenters. The number of aryl methyl sites for hydroxylation is 1. The Morgan fingerprint density at radius 3 is 2.81 bits per heavy atom. The molecule has 5 heteroatoms. The van der Waals surface area contributed by atoms with Crippen molar-refractivity contribution >= 4 is 5.91 Å². The molecule has 0 fully saturated rings. The smallest absolute Gasteiger partial charge is 0.253 e. The summed E-state index contributed by atoms with van der Waals surface area (Å²) in [6.45, 7) is 5.15. The monoisotopic (exact) mass is 361 g/mol. The summed E-state index contributed by atoms with van der Waals surface area (Å²) in [5.74, 6) is 0.861. The SMILES string of the molecule is Cc1cc(C(=O)NCC2Cc3ccccc3O2)c(C)n1Cc1ccccn1. The molecule has 0 aliphatic carbocycles. The van der Waals surface area contributed by atoms with E-state index in [0.29, 0.717) is 18.7 Å². The van der Waals surface area contributed by atoms with E-state index in [0.717, 1.165) is 29.3 Å². The van der Waals surface area contributed by atoms with Crippen LogP contribution in [0.25, 0.3) is 0 Å². The fourth-order valence-electron chi connectivity index (χ4n) is 3.60. The lowest BCUT2D eigenvalue weighted by atomic mass is 10.1. The van der Waals surface area contributed by atoms with Gasteiger partial charge in [0.15, 0.2) is 0 Å². The number of hydrogen-bond donors (Lipinski definition) is 1. The van der Waals surface area contributed by atoms with Gasteiger partial charge in [0.25, 0.3) is 5.91 Å². The second kappa shape index (κ2) is 7.27. The molecule has 1 aliphatic rings. The van der Waals surface area contributed by atoms with Gasteiger partial charge < -0.3 is 14.6 Å². The van der Waals surface area contributed by atoms with Crippen LogP contribution in [0.5, 0.6) is 5.75 Å². The van der Waals surface area contributed by atoms with Gasteiger partial charge in [-0.25, -0.2) is 0 Å². The molecular weight excluding hydrogens is 338 g/mol. The third kappa shape index (κ3) is 3.58. The Kier molecular flexibility index (Phi) is 4.67. The van der Waals surface area contributed by atoms with Crippen molar-refractivity contribution in [1.29, 1.82) is 0 Å². The number of benzene rings is 1. The molecule has 3 aromatic rings. The van der Waals surface area contributed by atoms with Crippen LogP contribution in [0.1, 0.15) is 33.0 Å². The number of hydrogen-bond acceptors (Lipinski definition) is 3. The Morgan fingerprint density at radius 1 is 1.22 bits per heavy atom. The molecule has 138 valence electrons. The van der Waals surface area contributed by atoms with Gasteiger partial charge in [0.05, 0.1) is 24.3 Å². The van der Waals surface area contributed by atoms with Crippen LogP contribution in [0.4, 0.5) is 0 Å². The third-order valence-corrected chi connectivity index (χ3v) is 5.07. The lowest BCUT2D eigenvalue weighted by Crippen LogP contribution is -2.34. The highest BCUT2D eigenvalue weighted by atomic mass is 16.5. The summed E-state index contributed by atoms with van der Waals surface area (Å²) in [7, 11) is 0. The molecule has 0 bridgehead atoms. The van der Waals surface area contributed by atoms with E-state index in [2.05, 4.69) is 20.9 Å². The Bertz CT molecular complexity index is 938. The summed E-state index contributed by atoms with van der Waals surface area (Å²) in [4.78, 5) is 17.1. The topological polar surface area (TPSA) is 56.1 Å². The number of amides is 1. The number of pyridine rings is 1. The average Bonchev–Trinajstić information content (AvgIpc) is 3.22. The second-order valence-electron chi connectivity index (χ2n) is 6.95. The summed E-state index contributed by atoms with van der Waals surface area (Å²) >= 11 is 0. The number of aromatic nitrogens is 2. The number of nitrogens with zero attached hydrogens (tertiary/aromatic N) is 2. The Balaban J connectivity index is 1.41. The van der Waals surface area contributed by atoms with Crippen molar-refractivity contribution < 1.29 is 9.53 Å². The molecule has 1 atom stereocenters. The molecule has 0 saturated heterocycles. The van der Waals surface area contributed by atoms with Gasteiger partial charge in [-0.1, -0.05) is 24.3 Å². The molecule has 4 rings (SSSR count). The van der Waals surface area contributed by atoms with Crippen molar-refractivity contribution in [2.75, 3.05) is 6.54 Å². The lowest BCUT2D eigenvalue weighted by molar-refractivity contribution is 0.0933. The van der Waals surface area contributed by atoms with Gasteiger partial charge in [-0.3, -0.25) is 9.78 Å². The van der Waals surface area contributed by atoms with Gasteiger partial charge in [-0.15, -0.1) is 0 Å². The number of rotatable bonds is 5. The summed E-state index contributed by atoms with van der Waals surface area (Å²) in [6, 6.07) is 15.8. The minimum atomic E-state index is -0.0603. The zero-order valence-electron chi connectivity index (χ0n) is 15.6. The highest BCUT2D eigenvalue weighted by molar-refractivity contribution is 5.95. The van der Waals surface area contributed by atoms with Gasteiger partial charge in [-0.2, -0.15) is 0 Å². The first kappa shape index (κ1) is 17.3. The van der Waals surface area contributed by atoms with E-state index in [1.807, 2.05) is 56.3 Å². The summed E-state index contributed by atoms with van der Waals surface area (Å²) in [6.07, 6.45) is 2.61. The van der Waals surface area contributed by atoms with Crippen molar-refractivity contribution in [2.45, 2.75) is 32.9 Å². The van der Waals surface area contributed by atoms with Crippen LogP contribution in [0.15, 0.2) is 54.7 Å². The lowest BCUT2D eigenvalue weighted by Gasteiger charge is -2.12. The maximum Gasteiger partial charge on any atom is 0.253 e. The number of carbonyl (C=O) groups excluding carboxylic acids is 1. The maximum atomic E-state index is 12.7. The Morgan fingerprint density at radius 2 is 2.04 bits per heavy atom. The Hall–Kier alpha value is -3.08. The molecular formula is C22H23N3O2. The van der Waals surface area contributed by atoms with E-state index in [9.17, 15) is 4.79 Å². The van der Waals surface area contributed by atoms with Gasteiger partial charge >= 0.3 is 0 Å². The van der Waals surface area contributed by atoms with Crippen LogP contribution in [0.3, 0.4) is 0 Å². The molecule has 27 heavy (non-hydrogen) atoms. The van der Waals surface area contributed by atoms with Gasteiger partial charge in [-0.05, 0) is 43.7 Å². The molecule has 3 heterocycles. The fraction of sp³-hybridized carbons (Fsp3) is 0.273. The quantitative estimate of drug-likeness (QED) is 0.759. The zero-order valence-corrected chi connectivity index (χ0v) is 15.6. The molecule has 0 spiro atoms. The number of fused-ring (bicyclic) bond motifs is 1. The van der Waals surface area contributed by atoms with Crippen LogP contribution < -0.4 is 10.1 Å². The first-order chi connectivity index (χ1) is 13.1. The Labute approximate surface area is 159 Å². The van der Waals surface area contributed by atoms with E-state index in [4.69, 9.17) is 4.74 Å². The predicted octanol–water partition coefficient (Wildman–Crippen LogP) is 3.28. The van der Waals surface area contributed by atoms with Crippen molar-refractivity contribution in [1.82, 2.24) is 14.9 Å². The summed E-state index contributed by atoms with van der Waals surface area (Å²) < 4.78 is 8.03. The highest BCUT2D eigenvalue weighted by Crippen LogP contribution is 2.27. The minimum Gasteiger partial charge on any atom is -0.488 e. The van der Waals surface area contributed by atoms with Crippen LogP contribution in [-0.2, 0) is 13.0 Å². The molecule has 1 aromatic carbocycles. The van der Waals surface area contributed by atoms with Crippen LogP contribution >= 0.6 is 0 Å².